The highest BCUT2D eigenvalue weighted by molar-refractivity contribution is 7.81. The molecule has 3 atom stereocenters. The molecule has 2 fully saturated rings. The van der Waals surface area contributed by atoms with Crippen LogP contribution >= 0.6 is 12.6 Å². The third-order valence-electron chi connectivity index (χ3n) is 3.35. The SMILES string of the molecule is C=CCOC(=O)N1C[C@@H](S)C[C@H]1C1CC(=O)NC1=O. The summed E-state index contributed by atoms with van der Waals surface area (Å²) >= 11 is 4.36. The minimum Gasteiger partial charge on any atom is -0.445 e. The molecule has 19 heavy (non-hydrogen) atoms. The molecule has 1 N–H and O–H groups in total. The molecule has 0 saturated carbocycles. The largest absolute Gasteiger partial charge is 0.445 e. The summed E-state index contributed by atoms with van der Waals surface area (Å²) < 4.78 is 4.99. The van der Waals surface area contributed by atoms with Crippen molar-refractivity contribution in [3.05, 3.63) is 12.7 Å². The van der Waals surface area contributed by atoms with E-state index in [-0.39, 0.29) is 36.1 Å². The fourth-order valence-electron chi connectivity index (χ4n) is 2.53. The Morgan fingerprint density at radius 3 is 2.89 bits per heavy atom. The van der Waals surface area contributed by atoms with E-state index in [1.54, 1.807) is 0 Å². The van der Waals surface area contributed by atoms with E-state index >= 15 is 0 Å². The maximum atomic E-state index is 11.9. The third-order valence-corrected chi connectivity index (χ3v) is 3.72. The van der Waals surface area contributed by atoms with E-state index < -0.39 is 12.0 Å². The van der Waals surface area contributed by atoms with Crippen LogP contribution in [0.1, 0.15) is 12.8 Å². The number of nitrogens with zero attached hydrogens (tertiary/aromatic N) is 1. The van der Waals surface area contributed by atoms with Gasteiger partial charge in [-0.2, -0.15) is 12.6 Å². The van der Waals surface area contributed by atoms with Crippen LogP contribution in [0.4, 0.5) is 4.79 Å². The Balaban J connectivity index is 2.09. The number of hydrogen-bond acceptors (Lipinski definition) is 5. The number of carbonyl (C=O) groups excluding carboxylic acids is 3. The summed E-state index contributed by atoms with van der Waals surface area (Å²) in [6.07, 6.45) is 1.69. The highest BCUT2D eigenvalue weighted by atomic mass is 32.1. The van der Waals surface area contributed by atoms with Gasteiger partial charge in [0, 0.05) is 24.3 Å². The number of thiol groups is 1. The molecule has 2 aliphatic rings. The Morgan fingerprint density at radius 2 is 2.32 bits per heavy atom. The lowest BCUT2D eigenvalue weighted by Crippen LogP contribution is -2.42. The van der Waals surface area contributed by atoms with Gasteiger partial charge in [-0.05, 0) is 6.42 Å². The molecule has 7 heteroatoms. The van der Waals surface area contributed by atoms with Crippen LogP contribution in [0.5, 0.6) is 0 Å². The van der Waals surface area contributed by atoms with E-state index in [2.05, 4.69) is 24.5 Å². The summed E-state index contributed by atoms with van der Waals surface area (Å²) in [6, 6.07) is -0.328. The molecular formula is C12H16N2O4S. The predicted octanol–water partition coefficient (Wildman–Crippen LogP) is 0.344. The summed E-state index contributed by atoms with van der Waals surface area (Å²) in [4.78, 5) is 36.4. The highest BCUT2D eigenvalue weighted by Crippen LogP contribution is 2.31. The number of imide groups is 1. The molecule has 2 saturated heterocycles. The number of likely N-dealkylation sites (tertiary alicyclic amines) is 1. The van der Waals surface area contributed by atoms with Crippen LogP contribution in [-0.4, -0.2) is 47.3 Å². The average Bonchev–Trinajstić information content (AvgIpc) is 2.89. The summed E-state index contributed by atoms with van der Waals surface area (Å²) in [6.45, 7) is 4.01. The number of nitrogens with one attached hydrogen (secondary N) is 1. The standard InChI is InChI=1S/C12H16N2O4S/c1-2-3-18-12(17)14-6-7(19)4-9(14)8-5-10(15)13-11(8)16/h2,7-9,19H,1,3-6H2,(H,13,15,16)/t7-,8?,9-/m0/s1. The minimum atomic E-state index is -0.499. The lowest BCUT2D eigenvalue weighted by molar-refractivity contribution is -0.126. The second-order valence-corrected chi connectivity index (χ2v) is 5.43. The number of hydrogen-bond donors (Lipinski definition) is 2. The average molecular weight is 284 g/mol. The van der Waals surface area contributed by atoms with Gasteiger partial charge in [-0.25, -0.2) is 4.79 Å². The fourth-order valence-corrected chi connectivity index (χ4v) is 2.92. The quantitative estimate of drug-likeness (QED) is 0.445. The topological polar surface area (TPSA) is 75.7 Å². The van der Waals surface area contributed by atoms with Crippen LogP contribution in [0, 0.1) is 5.92 Å². The van der Waals surface area contributed by atoms with E-state index in [0.717, 1.165) is 0 Å². The van der Waals surface area contributed by atoms with Gasteiger partial charge >= 0.3 is 6.09 Å². The first kappa shape index (κ1) is 13.9. The van der Waals surface area contributed by atoms with Crippen molar-refractivity contribution < 1.29 is 19.1 Å². The Bertz CT molecular complexity index is 426. The van der Waals surface area contributed by atoms with Crippen molar-refractivity contribution in [2.24, 2.45) is 5.92 Å². The van der Waals surface area contributed by atoms with Crippen LogP contribution in [0.25, 0.3) is 0 Å². The Hall–Kier alpha value is -1.50. The lowest BCUT2D eigenvalue weighted by Gasteiger charge is -2.26. The van der Waals surface area contributed by atoms with Gasteiger partial charge < -0.3 is 9.64 Å². The number of rotatable bonds is 3. The molecular weight excluding hydrogens is 268 g/mol. The zero-order chi connectivity index (χ0) is 14.0. The smallest absolute Gasteiger partial charge is 0.410 e. The zero-order valence-corrected chi connectivity index (χ0v) is 11.3. The number of amides is 3. The molecule has 3 amide bonds. The molecule has 0 aromatic carbocycles. The second-order valence-electron chi connectivity index (χ2n) is 4.70. The van der Waals surface area contributed by atoms with E-state index in [1.165, 1.54) is 11.0 Å². The van der Waals surface area contributed by atoms with Gasteiger partial charge in [-0.1, -0.05) is 12.7 Å². The molecule has 0 aromatic heterocycles. The molecule has 2 rings (SSSR count). The van der Waals surface area contributed by atoms with Gasteiger partial charge in [-0.15, -0.1) is 0 Å². The molecule has 0 aliphatic carbocycles. The van der Waals surface area contributed by atoms with E-state index in [9.17, 15) is 14.4 Å². The first-order valence-electron chi connectivity index (χ1n) is 6.09. The summed E-state index contributed by atoms with van der Waals surface area (Å²) in [5.41, 5.74) is 0. The van der Waals surface area contributed by atoms with Gasteiger partial charge in [0.2, 0.25) is 11.8 Å². The van der Waals surface area contributed by atoms with E-state index in [4.69, 9.17) is 4.74 Å². The Labute approximate surface area is 116 Å². The van der Waals surface area contributed by atoms with Gasteiger partial charge in [0.1, 0.15) is 6.61 Å². The molecule has 0 spiro atoms. The van der Waals surface area contributed by atoms with Crippen molar-refractivity contribution >= 4 is 30.5 Å². The first-order valence-corrected chi connectivity index (χ1v) is 6.60. The summed E-state index contributed by atoms with van der Waals surface area (Å²) in [7, 11) is 0. The van der Waals surface area contributed by atoms with Crippen LogP contribution in [0.2, 0.25) is 0 Å². The highest BCUT2D eigenvalue weighted by Gasteiger charge is 2.45. The zero-order valence-electron chi connectivity index (χ0n) is 10.4. The number of carbonyl (C=O) groups is 3. The Morgan fingerprint density at radius 1 is 1.58 bits per heavy atom. The Kier molecular flexibility index (Phi) is 4.14. The van der Waals surface area contributed by atoms with Crippen LogP contribution < -0.4 is 5.32 Å². The third kappa shape index (κ3) is 2.91. The molecule has 2 heterocycles. The van der Waals surface area contributed by atoms with Gasteiger partial charge in [-0.3, -0.25) is 14.9 Å². The van der Waals surface area contributed by atoms with Gasteiger partial charge in [0.05, 0.1) is 5.92 Å². The van der Waals surface area contributed by atoms with E-state index in [0.29, 0.717) is 13.0 Å². The molecule has 104 valence electrons. The first-order chi connectivity index (χ1) is 9.02. The summed E-state index contributed by atoms with van der Waals surface area (Å²) in [5.74, 6) is -1.11. The van der Waals surface area contributed by atoms with Crippen LogP contribution in [-0.2, 0) is 14.3 Å². The van der Waals surface area contributed by atoms with Crippen molar-refractivity contribution in [1.82, 2.24) is 10.2 Å². The van der Waals surface area contributed by atoms with Gasteiger partial charge in [0.15, 0.2) is 0 Å². The molecule has 0 aromatic rings. The molecule has 0 radical (unpaired) electrons. The fraction of sp³-hybridized carbons (Fsp3) is 0.583. The molecule has 0 bridgehead atoms. The van der Waals surface area contributed by atoms with Crippen LogP contribution in [0.15, 0.2) is 12.7 Å². The number of ether oxygens (including phenoxy) is 1. The maximum Gasteiger partial charge on any atom is 0.410 e. The van der Waals surface area contributed by atoms with Gasteiger partial charge in [0.25, 0.3) is 0 Å². The molecule has 1 unspecified atom stereocenters. The normalized spacial score (nSPS) is 30.4. The monoisotopic (exact) mass is 284 g/mol. The lowest BCUT2D eigenvalue weighted by atomic mass is 9.96. The minimum absolute atomic E-state index is 0.00946. The maximum absolute atomic E-state index is 11.9. The van der Waals surface area contributed by atoms with Crippen molar-refractivity contribution in [2.45, 2.75) is 24.1 Å². The molecule has 6 nitrogen and oxygen atoms in total. The predicted molar refractivity (Wildman–Crippen MR) is 70.7 cm³/mol. The van der Waals surface area contributed by atoms with E-state index in [1.807, 2.05) is 0 Å². The van der Waals surface area contributed by atoms with Crippen molar-refractivity contribution in [3.8, 4) is 0 Å². The van der Waals surface area contributed by atoms with Crippen molar-refractivity contribution in [1.29, 1.82) is 0 Å². The summed E-state index contributed by atoms with van der Waals surface area (Å²) in [5, 5.41) is 2.25. The molecule has 2 aliphatic heterocycles. The van der Waals surface area contributed by atoms with Crippen molar-refractivity contribution in [3.63, 3.8) is 0 Å². The second kappa shape index (κ2) is 5.64. The van der Waals surface area contributed by atoms with Crippen molar-refractivity contribution in [2.75, 3.05) is 13.2 Å². The van der Waals surface area contributed by atoms with Crippen LogP contribution in [0.3, 0.4) is 0 Å².